The highest BCUT2D eigenvalue weighted by Gasteiger charge is 2.18. The first-order valence-electron chi connectivity index (χ1n) is 7.70. The van der Waals surface area contributed by atoms with Crippen molar-refractivity contribution >= 4 is 11.6 Å². The Kier molecular flexibility index (Phi) is 5.60. The van der Waals surface area contributed by atoms with Crippen molar-refractivity contribution in [3.05, 3.63) is 29.8 Å². The Morgan fingerprint density at radius 3 is 2.95 bits per heavy atom. The van der Waals surface area contributed by atoms with Crippen LogP contribution in [-0.2, 0) is 4.79 Å². The predicted octanol–water partition coefficient (Wildman–Crippen LogP) is 3.35. The Balaban J connectivity index is 1.67. The van der Waals surface area contributed by atoms with E-state index in [4.69, 9.17) is 0 Å². The van der Waals surface area contributed by atoms with Crippen molar-refractivity contribution < 1.29 is 4.79 Å². The number of hydrogen-bond donors (Lipinski definition) is 2. The van der Waals surface area contributed by atoms with Gasteiger partial charge in [0.2, 0.25) is 5.91 Å². The van der Waals surface area contributed by atoms with Crippen molar-refractivity contribution in [2.45, 2.75) is 39.5 Å². The number of carbonyl (C=O) groups is 1. The van der Waals surface area contributed by atoms with Gasteiger partial charge in [-0.1, -0.05) is 31.9 Å². The molecule has 2 atom stereocenters. The molecule has 110 valence electrons. The molecule has 0 aliphatic heterocycles. The van der Waals surface area contributed by atoms with E-state index in [1.165, 1.54) is 25.7 Å². The van der Waals surface area contributed by atoms with Gasteiger partial charge in [-0.25, -0.2) is 0 Å². The minimum atomic E-state index is 0.0412. The molecule has 3 nitrogen and oxygen atoms in total. The Morgan fingerprint density at radius 2 is 2.20 bits per heavy atom. The number of hydrogen-bond acceptors (Lipinski definition) is 2. The van der Waals surface area contributed by atoms with Crippen molar-refractivity contribution in [1.82, 2.24) is 5.32 Å². The van der Waals surface area contributed by atoms with Crippen LogP contribution in [0.15, 0.2) is 24.3 Å². The molecule has 1 aliphatic rings. The van der Waals surface area contributed by atoms with E-state index in [2.05, 4.69) is 17.6 Å². The second-order valence-electron chi connectivity index (χ2n) is 6.19. The maximum absolute atomic E-state index is 11.9. The maximum atomic E-state index is 11.9. The molecular formula is C17H26N2O. The fourth-order valence-corrected chi connectivity index (χ4v) is 3.06. The second kappa shape index (κ2) is 7.44. The van der Waals surface area contributed by atoms with E-state index in [0.29, 0.717) is 6.54 Å². The molecular weight excluding hydrogens is 248 g/mol. The van der Waals surface area contributed by atoms with E-state index in [9.17, 15) is 4.79 Å². The number of carbonyl (C=O) groups excluding carboxylic acids is 1. The lowest BCUT2D eigenvalue weighted by atomic mass is 9.82. The summed E-state index contributed by atoms with van der Waals surface area (Å²) in [5.74, 6) is 1.63. The highest BCUT2D eigenvalue weighted by molar-refractivity contribution is 5.92. The molecule has 1 amide bonds. The quantitative estimate of drug-likeness (QED) is 0.864. The van der Waals surface area contributed by atoms with Crippen LogP contribution >= 0.6 is 0 Å². The first kappa shape index (κ1) is 15.0. The van der Waals surface area contributed by atoms with Gasteiger partial charge in [0.15, 0.2) is 0 Å². The molecule has 2 N–H and O–H groups in total. The van der Waals surface area contributed by atoms with Crippen LogP contribution in [-0.4, -0.2) is 19.0 Å². The molecule has 1 aromatic carbocycles. The number of benzene rings is 1. The van der Waals surface area contributed by atoms with E-state index in [1.807, 2.05) is 31.2 Å². The van der Waals surface area contributed by atoms with Crippen LogP contribution in [0, 0.1) is 18.8 Å². The second-order valence-corrected chi connectivity index (χ2v) is 6.19. The third-order valence-electron chi connectivity index (χ3n) is 4.07. The third kappa shape index (κ3) is 4.97. The SMILES string of the molecule is Cc1cccc(NC(=O)CNCC2CCCC(C)C2)c1. The van der Waals surface area contributed by atoms with Gasteiger partial charge in [0.05, 0.1) is 6.54 Å². The lowest BCUT2D eigenvalue weighted by Crippen LogP contribution is -2.33. The van der Waals surface area contributed by atoms with E-state index >= 15 is 0 Å². The summed E-state index contributed by atoms with van der Waals surface area (Å²) in [5.41, 5.74) is 2.04. The zero-order valence-electron chi connectivity index (χ0n) is 12.6. The lowest BCUT2D eigenvalue weighted by Gasteiger charge is -2.26. The van der Waals surface area contributed by atoms with Crippen molar-refractivity contribution in [3.63, 3.8) is 0 Å². The molecule has 20 heavy (non-hydrogen) atoms. The lowest BCUT2D eigenvalue weighted by molar-refractivity contribution is -0.115. The average molecular weight is 274 g/mol. The average Bonchev–Trinajstić information content (AvgIpc) is 2.38. The van der Waals surface area contributed by atoms with Gasteiger partial charge < -0.3 is 10.6 Å². The summed E-state index contributed by atoms with van der Waals surface area (Å²) in [7, 11) is 0. The van der Waals surface area contributed by atoms with Gasteiger partial charge >= 0.3 is 0 Å². The van der Waals surface area contributed by atoms with Gasteiger partial charge in [-0.3, -0.25) is 4.79 Å². The Bertz CT molecular complexity index is 444. The first-order chi connectivity index (χ1) is 9.63. The van der Waals surface area contributed by atoms with Gasteiger partial charge in [-0.05, 0) is 55.8 Å². The van der Waals surface area contributed by atoms with Gasteiger partial charge in [-0.2, -0.15) is 0 Å². The van der Waals surface area contributed by atoms with Crippen molar-refractivity contribution in [1.29, 1.82) is 0 Å². The summed E-state index contributed by atoms with van der Waals surface area (Å²) in [6.45, 7) is 5.72. The van der Waals surface area contributed by atoms with Crippen molar-refractivity contribution in [2.75, 3.05) is 18.4 Å². The number of rotatable bonds is 5. The smallest absolute Gasteiger partial charge is 0.238 e. The molecule has 0 radical (unpaired) electrons. The summed E-state index contributed by atoms with van der Waals surface area (Å²) in [5, 5.41) is 6.23. The molecule has 0 bridgehead atoms. The zero-order chi connectivity index (χ0) is 14.4. The number of nitrogens with one attached hydrogen (secondary N) is 2. The van der Waals surface area contributed by atoms with Crippen LogP contribution in [0.1, 0.15) is 38.2 Å². The topological polar surface area (TPSA) is 41.1 Å². The van der Waals surface area contributed by atoms with E-state index in [0.717, 1.165) is 29.6 Å². The van der Waals surface area contributed by atoms with Crippen LogP contribution < -0.4 is 10.6 Å². The Labute approximate surface area is 122 Å². The fourth-order valence-electron chi connectivity index (χ4n) is 3.06. The van der Waals surface area contributed by atoms with Crippen LogP contribution in [0.3, 0.4) is 0 Å². The van der Waals surface area contributed by atoms with E-state index < -0.39 is 0 Å². The molecule has 0 saturated heterocycles. The minimum absolute atomic E-state index is 0.0412. The number of amides is 1. The van der Waals surface area contributed by atoms with Gasteiger partial charge in [0.25, 0.3) is 0 Å². The van der Waals surface area contributed by atoms with Gasteiger partial charge in [0.1, 0.15) is 0 Å². The minimum Gasteiger partial charge on any atom is -0.325 e. The van der Waals surface area contributed by atoms with Crippen LogP contribution in [0.4, 0.5) is 5.69 Å². The molecule has 1 aliphatic carbocycles. The molecule has 1 fully saturated rings. The van der Waals surface area contributed by atoms with Crippen molar-refractivity contribution in [2.24, 2.45) is 11.8 Å². The highest BCUT2D eigenvalue weighted by atomic mass is 16.1. The summed E-state index contributed by atoms with van der Waals surface area (Å²) in [4.78, 5) is 11.9. The Hall–Kier alpha value is -1.35. The van der Waals surface area contributed by atoms with E-state index in [-0.39, 0.29) is 5.91 Å². The Morgan fingerprint density at radius 1 is 1.35 bits per heavy atom. The highest BCUT2D eigenvalue weighted by Crippen LogP contribution is 2.27. The number of anilines is 1. The largest absolute Gasteiger partial charge is 0.325 e. The molecule has 1 saturated carbocycles. The molecule has 2 rings (SSSR count). The van der Waals surface area contributed by atoms with Crippen LogP contribution in [0.25, 0.3) is 0 Å². The van der Waals surface area contributed by atoms with Crippen LogP contribution in [0.2, 0.25) is 0 Å². The monoisotopic (exact) mass is 274 g/mol. The van der Waals surface area contributed by atoms with Crippen LogP contribution in [0.5, 0.6) is 0 Å². The molecule has 1 aromatic rings. The molecule has 0 aromatic heterocycles. The zero-order valence-corrected chi connectivity index (χ0v) is 12.6. The van der Waals surface area contributed by atoms with E-state index in [1.54, 1.807) is 0 Å². The number of aryl methyl sites for hydroxylation is 1. The van der Waals surface area contributed by atoms with Gasteiger partial charge in [0, 0.05) is 5.69 Å². The van der Waals surface area contributed by atoms with Crippen molar-refractivity contribution in [3.8, 4) is 0 Å². The summed E-state index contributed by atoms with van der Waals surface area (Å²) in [6, 6.07) is 7.90. The maximum Gasteiger partial charge on any atom is 0.238 e. The molecule has 2 unspecified atom stereocenters. The summed E-state index contributed by atoms with van der Waals surface area (Å²) >= 11 is 0. The fraction of sp³-hybridized carbons (Fsp3) is 0.588. The third-order valence-corrected chi connectivity index (χ3v) is 4.07. The molecule has 0 heterocycles. The standard InChI is InChI=1S/C17H26N2O/c1-13-5-3-7-15(9-13)11-18-12-17(20)19-16-8-4-6-14(2)10-16/h4,6,8,10,13,15,18H,3,5,7,9,11-12H2,1-2H3,(H,19,20). The molecule has 0 spiro atoms. The normalized spacial score (nSPS) is 22.5. The predicted molar refractivity (Wildman–Crippen MR) is 83.8 cm³/mol. The summed E-state index contributed by atoms with van der Waals surface area (Å²) in [6.07, 6.45) is 5.30. The molecule has 3 heteroatoms. The first-order valence-corrected chi connectivity index (χ1v) is 7.70. The van der Waals surface area contributed by atoms with Gasteiger partial charge in [-0.15, -0.1) is 0 Å². The summed E-state index contributed by atoms with van der Waals surface area (Å²) < 4.78 is 0.